The van der Waals surface area contributed by atoms with Gasteiger partial charge in [-0.05, 0) is 24.3 Å². The van der Waals surface area contributed by atoms with Crippen LogP contribution < -0.4 is 5.32 Å². The molecule has 98 valence electrons. The smallest absolute Gasteiger partial charge is 0.335 e. The second kappa shape index (κ2) is 5.95. The van der Waals surface area contributed by atoms with Crippen molar-refractivity contribution in [1.82, 2.24) is 4.90 Å². The molecule has 2 amide bonds. The van der Waals surface area contributed by atoms with Crippen LogP contribution in [0.5, 0.6) is 0 Å². The number of carboxylic acids is 1. The fourth-order valence-corrected chi connectivity index (χ4v) is 1.20. The SMILES string of the molecule is CN(CC(F)F)C(=O)Nc1ccc(C(=O)O)cc1. The first kappa shape index (κ1) is 13.9. The van der Waals surface area contributed by atoms with Gasteiger partial charge in [-0.25, -0.2) is 18.4 Å². The van der Waals surface area contributed by atoms with Crippen LogP contribution in [0, 0.1) is 0 Å². The van der Waals surface area contributed by atoms with Gasteiger partial charge < -0.3 is 15.3 Å². The predicted molar refractivity (Wildman–Crippen MR) is 61.1 cm³/mol. The zero-order chi connectivity index (χ0) is 13.7. The van der Waals surface area contributed by atoms with Gasteiger partial charge in [0.1, 0.15) is 0 Å². The minimum absolute atomic E-state index is 0.0777. The van der Waals surface area contributed by atoms with E-state index in [1.54, 1.807) is 0 Å². The van der Waals surface area contributed by atoms with Gasteiger partial charge in [-0.2, -0.15) is 0 Å². The molecule has 0 saturated carbocycles. The van der Waals surface area contributed by atoms with E-state index in [-0.39, 0.29) is 5.56 Å². The number of carboxylic acid groups (broad SMARTS) is 1. The third-order valence-electron chi connectivity index (χ3n) is 2.14. The zero-order valence-corrected chi connectivity index (χ0v) is 9.56. The Kier molecular flexibility index (Phi) is 4.59. The summed E-state index contributed by atoms with van der Waals surface area (Å²) in [5.74, 6) is -1.08. The summed E-state index contributed by atoms with van der Waals surface area (Å²) in [4.78, 5) is 22.9. The molecule has 0 heterocycles. The van der Waals surface area contributed by atoms with Crippen LogP contribution in [-0.4, -0.2) is 42.0 Å². The molecule has 1 aromatic rings. The van der Waals surface area contributed by atoms with E-state index in [1.165, 1.54) is 31.3 Å². The van der Waals surface area contributed by atoms with Gasteiger partial charge in [0, 0.05) is 12.7 Å². The first-order chi connectivity index (χ1) is 8.40. The highest BCUT2D eigenvalue weighted by Crippen LogP contribution is 2.10. The molecule has 0 fully saturated rings. The van der Waals surface area contributed by atoms with E-state index >= 15 is 0 Å². The van der Waals surface area contributed by atoms with Gasteiger partial charge in [0.2, 0.25) is 0 Å². The lowest BCUT2D eigenvalue weighted by molar-refractivity contribution is 0.0697. The molecular weight excluding hydrogens is 246 g/mol. The van der Waals surface area contributed by atoms with Gasteiger partial charge in [-0.3, -0.25) is 0 Å². The molecule has 5 nitrogen and oxygen atoms in total. The number of hydrogen-bond donors (Lipinski definition) is 2. The summed E-state index contributed by atoms with van der Waals surface area (Å²) in [5, 5.41) is 11.0. The van der Waals surface area contributed by atoms with Crippen molar-refractivity contribution in [1.29, 1.82) is 0 Å². The van der Waals surface area contributed by atoms with Crippen molar-refractivity contribution in [3.8, 4) is 0 Å². The molecule has 18 heavy (non-hydrogen) atoms. The van der Waals surface area contributed by atoms with Crippen LogP contribution in [0.1, 0.15) is 10.4 Å². The van der Waals surface area contributed by atoms with Crippen LogP contribution in [0.15, 0.2) is 24.3 Å². The summed E-state index contributed by atoms with van der Waals surface area (Å²) in [5.41, 5.74) is 0.417. The van der Waals surface area contributed by atoms with Gasteiger partial charge in [0.05, 0.1) is 12.1 Å². The van der Waals surface area contributed by atoms with E-state index < -0.39 is 25.0 Å². The number of carbonyl (C=O) groups is 2. The topological polar surface area (TPSA) is 69.6 Å². The summed E-state index contributed by atoms with van der Waals surface area (Å²) in [7, 11) is 1.24. The van der Waals surface area contributed by atoms with Crippen molar-refractivity contribution in [3.05, 3.63) is 29.8 Å². The fraction of sp³-hybridized carbons (Fsp3) is 0.273. The van der Waals surface area contributed by atoms with Gasteiger partial charge >= 0.3 is 12.0 Å². The molecule has 0 aliphatic carbocycles. The van der Waals surface area contributed by atoms with Crippen LogP contribution in [0.2, 0.25) is 0 Å². The van der Waals surface area contributed by atoms with E-state index in [0.717, 1.165) is 4.90 Å². The van der Waals surface area contributed by atoms with Crippen LogP contribution in [0.25, 0.3) is 0 Å². The maximum absolute atomic E-state index is 12.0. The lowest BCUT2D eigenvalue weighted by atomic mass is 10.2. The number of rotatable bonds is 4. The van der Waals surface area contributed by atoms with Crippen molar-refractivity contribution in [2.75, 3.05) is 18.9 Å². The van der Waals surface area contributed by atoms with Crippen molar-refractivity contribution in [3.63, 3.8) is 0 Å². The Morgan fingerprint density at radius 3 is 2.33 bits per heavy atom. The molecule has 0 spiro atoms. The number of nitrogens with one attached hydrogen (secondary N) is 1. The molecule has 0 unspecified atom stereocenters. The fourth-order valence-electron chi connectivity index (χ4n) is 1.20. The summed E-state index contributed by atoms with van der Waals surface area (Å²) >= 11 is 0. The highest BCUT2D eigenvalue weighted by atomic mass is 19.3. The van der Waals surface area contributed by atoms with Crippen molar-refractivity contribution in [2.24, 2.45) is 0 Å². The molecule has 0 aliphatic rings. The lowest BCUT2D eigenvalue weighted by Gasteiger charge is -2.17. The molecule has 1 rings (SSSR count). The summed E-state index contributed by atoms with van der Waals surface area (Å²) in [6.45, 7) is -0.668. The summed E-state index contributed by atoms with van der Waals surface area (Å²) in [6.07, 6.45) is -2.60. The number of carbonyl (C=O) groups excluding carboxylic acids is 1. The number of benzene rings is 1. The number of anilines is 1. The number of aromatic carboxylic acids is 1. The van der Waals surface area contributed by atoms with Crippen molar-refractivity contribution >= 4 is 17.7 Å². The third-order valence-corrected chi connectivity index (χ3v) is 2.14. The van der Waals surface area contributed by atoms with Crippen LogP contribution in [-0.2, 0) is 0 Å². The van der Waals surface area contributed by atoms with E-state index in [2.05, 4.69) is 5.32 Å². The van der Waals surface area contributed by atoms with Gasteiger partial charge in [0.25, 0.3) is 6.43 Å². The number of nitrogens with zero attached hydrogens (tertiary/aromatic N) is 1. The molecule has 0 aliphatic heterocycles. The molecule has 1 aromatic carbocycles. The van der Waals surface area contributed by atoms with Gasteiger partial charge in [0.15, 0.2) is 0 Å². The van der Waals surface area contributed by atoms with Gasteiger partial charge in [-0.15, -0.1) is 0 Å². The summed E-state index contributed by atoms with van der Waals surface area (Å²) < 4.78 is 24.1. The molecule has 0 radical (unpaired) electrons. The van der Waals surface area contributed by atoms with E-state index in [1.807, 2.05) is 0 Å². The quantitative estimate of drug-likeness (QED) is 0.869. The molecule has 0 saturated heterocycles. The first-order valence-electron chi connectivity index (χ1n) is 5.03. The molecule has 7 heteroatoms. The Balaban J connectivity index is 2.62. The number of halogens is 2. The summed E-state index contributed by atoms with van der Waals surface area (Å²) in [6, 6.07) is 4.71. The molecule has 0 bridgehead atoms. The number of urea groups is 1. The predicted octanol–water partition coefficient (Wildman–Crippen LogP) is 2.11. The zero-order valence-electron chi connectivity index (χ0n) is 9.56. The normalized spacial score (nSPS) is 10.2. The largest absolute Gasteiger partial charge is 0.478 e. The first-order valence-corrected chi connectivity index (χ1v) is 5.03. The van der Waals surface area contributed by atoms with E-state index in [4.69, 9.17) is 5.11 Å². The maximum Gasteiger partial charge on any atom is 0.335 e. The van der Waals surface area contributed by atoms with E-state index in [9.17, 15) is 18.4 Å². The average Bonchev–Trinajstić information content (AvgIpc) is 2.28. The number of alkyl halides is 2. The van der Waals surface area contributed by atoms with Crippen LogP contribution >= 0.6 is 0 Å². The Hall–Kier alpha value is -2.18. The average molecular weight is 258 g/mol. The second-order valence-electron chi connectivity index (χ2n) is 3.58. The Labute approximate surface area is 102 Å². The lowest BCUT2D eigenvalue weighted by Crippen LogP contribution is -2.34. The standard InChI is InChI=1S/C11H12F2N2O3/c1-15(6-9(12)13)11(18)14-8-4-2-7(3-5-8)10(16)17/h2-5,9H,6H2,1H3,(H,14,18)(H,16,17). The van der Waals surface area contributed by atoms with Crippen molar-refractivity contribution in [2.45, 2.75) is 6.43 Å². The maximum atomic E-state index is 12.0. The Morgan fingerprint density at radius 1 is 1.33 bits per heavy atom. The molecule has 0 atom stereocenters. The highest BCUT2D eigenvalue weighted by Gasteiger charge is 2.13. The molecular formula is C11H12F2N2O3. The van der Waals surface area contributed by atoms with E-state index in [0.29, 0.717) is 5.69 Å². The minimum Gasteiger partial charge on any atom is -0.478 e. The number of hydrogen-bond acceptors (Lipinski definition) is 2. The monoisotopic (exact) mass is 258 g/mol. The Bertz CT molecular complexity index is 434. The van der Waals surface area contributed by atoms with Crippen molar-refractivity contribution < 1.29 is 23.5 Å². The van der Waals surface area contributed by atoms with Gasteiger partial charge in [-0.1, -0.05) is 0 Å². The third kappa shape index (κ3) is 4.00. The van der Waals surface area contributed by atoms with Crippen LogP contribution in [0.4, 0.5) is 19.3 Å². The highest BCUT2D eigenvalue weighted by molar-refractivity contribution is 5.91. The Morgan fingerprint density at radius 2 is 1.89 bits per heavy atom. The number of amides is 2. The molecule has 0 aromatic heterocycles. The molecule has 2 N–H and O–H groups in total. The minimum atomic E-state index is -2.60. The van der Waals surface area contributed by atoms with Crippen LogP contribution in [0.3, 0.4) is 0 Å². The second-order valence-corrected chi connectivity index (χ2v) is 3.58.